The molecule has 78 valence electrons. The van der Waals surface area contributed by atoms with E-state index in [0.717, 1.165) is 0 Å². The number of hydrogen-bond donors (Lipinski definition) is 1. The molecule has 0 spiro atoms. The standard InChI is InChI=1S/C7H10BF3N3.K/c1-5(12)7-6(2-8(9,10)11)3-13-4-14-7;/h3-5H,2,12H2,1H3;/q-1;+1. The minimum atomic E-state index is -4.87. The molecule has 0 saturated carbocycles. The molecule has 0 aromatic carbocycles. The summed E-state index contributed by atoms with van der Waals surface area (Å²) in [6.45, 7) is -3.27. The smallest absolute Gasteiger partial charge is 0.449 e. The van der Waals surface area contributed by atoms with E-state index in [1.807, 2.05) is 0 Å². The van der Waals surface area contributed by atoms with Crippen molar-refractivity contribution >= 4 is 6.98 Å². The van der Waals surface area contributed by atoms with Crippen molar-refractivity contribution in [2.45, 2.75) is 19.3 Å². The van der Waals surface area contributed by atoms with Crippen LogP contribution in [0.2, 0.25) is 0 Å². The zero-order valence-electron chi connectivity index (χ0n) is 8.62. The molecule has 1 atom stereocenters. The summed E-state index contributed by atoms with van der Waals surface area (Å²) in [5, 5.41) is 0. The molecule has 0 bridgehead atoms. The van der Waals surface area contributed by atoms with Crippen molar-refractivity contribution in [3.05, 3.63) is 23.8 Å². The zero-order valence-corrected chi connectivity index (χ0v) is 11.7. The largest absolute Gasteiger partial charge is 1.00 e. The van der Waals surface area contributed by atoms with Crippen molar-refractivity contribution < 1.29 is 64.3 Å². The van der Waals surface area contributed by atoms with Gasteiger partial charge in [-0.05, 0) is 12.5 Å². The number of hydrogen-bond acceptors (Lipinski definition) is 3. The third kappa shape index (κ3) is 5.41. The quantitative estimate of drug-likeness (QED) is 0.652. The van der Waals surface area contributed by atoms with Gasteiger partial charge in [-0.15, -0.1) is 0 Å². The summed E-state index contributed by atoms with van der Waals surface area (Å²) in [5.74, 6) is 0. The molecule has 0 amide bonds. The summed E-state index contributed by atoms with van der Waals surface area (Å²) in [5.41, 5.74) is 5.81. The third-order valence-corrected chi connectivity index (χ3v) is 1.71. The monoisotopic (exact) mass is 243 g/mol. The molecule has 2 N–H and O–H groups in total. The first-order valence-corrected chi connectivity index (χ1v) is 4.15. The molecule has 0 saturated heterocycles. The molecule has 0 aliphatic rings. The first-order valence-electron chi connectivity index (χ1n) is 4.15. The number of halogens is 3. The Morgan fingerprint density at radius 2 is 2.07 bits per heavy atom. The molecule has 1 rings (SSSR count). The van der Waals surface area contributed by atoms with Gasteiger partial charge in [0, 0.05) is 12.2 Å². The predicted molar refractivity (Wildman–Crippen MR) is 47.4 cm³/mol. The van der Waals surface area contributed by atoms with Crippen LogP contribution >= 0.6 is 0 Å². The fraction of sp³-hybridized carbons (Fsp3) is 0.429. The second-order valence-corrected chi connectivity index (χ2v) is 3.14. The number of aromatic nitrogens is 2. The van der Waals surface area contributed by atoms with Gasteiger partial charge in [-0.25, -0.2) is 9.97 Å². The van der Waals surface area contributed by atoms with E-state index in [0.29, 0.717) is 0 Å². The zero-order chi connectivity index (χ0) is 10.8. The van der Waals surface area contributed by atoms with E-state index in [2.05, 4.69) is 9.97 Å². The average Bonchev–Trinajstić information content (AvgIpc) is 2.01. The summed E-state index contributed by atoms with van der Waals surface area (Å²) >= 11 is 0. The van der Waals surface area contributed by atoms with Crippen molar-refractivity contribution in [2.24, 2.45) is 5.73 Å². The fourth-order valence-corrected chi connectivity index (χ4v) is 1.18. The van der Waals surface area contributed by atoms with E-state index in [1.54, 1.807) is 6.92 Å². The van der Waals surface area contributed by atoms with Crippen LogP contribution in [0.15, 0.2) is 12.5 Å². The van der Waals surface area contributed by atoms with E-state index in [9.17, 15) is 12.9 Å². The maximum atomic E-state index is 12.2. The Bertz CT molecular complexity index is 319. The maximum absolute atomic E-state index is 12.2. The van der Waals surface area contributed by atoms with Crippen LogP contribution in [0.5, 0.6) is 0 Å². The molecule has 3 nitrogen and oxygen atoms in total. The van der Waals surface area contributed by atoms with Gasteiger partial charge in [0.1, 0.15) is 6.33 Å². The number of rotatable bonds is 3. The Morgan fingerprint density at radius 3 is 2.53 bits per heavy atom. The van der Waals surface area contributed by atoms with Gasteiger partial charge in [0.2, 0.25) is 0 Å². The van der Waals surface area contributed by atoms with Gasteiger partial charge >= 0.3 is 58.4 Å². The Morgan fingerprint density at radius 1 is 1.47 bits per heavy atom. The van der Waals surface area contributed by atoms with Gasteiger partial charge in [0.25, 0.3) is 0 Å². The van der Waals surface area contributed by atoms with E-state index >= 15 is 0 Å². The second-order valence-electron chi connectivity index (χ2n) is 3.14. The van der Waals surface area contributed by atoms with Gasteiger partial charge in [0.15, 0.2) is 0 Å². The Labute approximate surface area is 129 Å². The van der Waals surface area contributed by atoms with Crippen LogP contribution < -0.4 is 57.1 Å². The Hall–Kier alpha value is 0.531. The molecule has 0 aliphatic heterocycles. The van der Waals surface area contributed by atoms with E-state index in [-0.39, 0.29) is 62.6 Å². The van der Waals surface area contributed by atoms with Crippen LogP contribution in [-0.2, 0) is 6.32 Å². The van der Waals surface area contributed by atoms with Crippen molar-refractivity contribution in [3.8, 4) is 0 Å². The van der Waals surface area contributed by atoms with Crippen LogP contribution in [0.25, 0.3) is 0 Å². The van der Waals surface area contributed by atoms with Gasteiger partial charge in [-0.2, -0.15) is 0 Å². The first kappa shape index (κ1) is 15.5. The Balaban J connectivity index is 0.00000196. The summed E-state index contributed by atoms with van der Waals surface area (Å²) < 4.78 is 36.5. The van der Waals surface area contributed by atoms with Crippen molar-refractivity contribution in [2.75, 3.05) is 0 Å². The minimum absolute atomic E-state index is 0. The molecule has 0 fully saturated rings. The minimum Gasteiger partial charge on any atom is -0.449 e. The summed E-state index contributed by atoms with van der Waals surface area (Å²) in [7, 11) is 0. The SMILES string of the molecule is CC(N)c1ncncc1C[B-](F)(F)F.[K+]. The molecular formula is C7H10BF3KN3. The molecule has 0 aliphatic carbocycles. The molecule has 8 heteroatoms. The molecule has 1 unspecified atom stereocenters. The fourth-order valence-electron chi connectivity index (χ4n) is 1.18. The molecule has 1 aromatic heterocycles. The van der Waals surface area contributed by atoms with Gasteiger partial charge < -0.3 is 18.7 Å². The van der Waals surface area contributed by atoms with Gasteiger partial charge in [0.05, 0.1) is 5.69 Å². The molecule has 1 aromatic rings. The van der Waals surface area contributed by atoms with Crippen LogP contribution in [0.1, 0.15) is 24.2 Å². The van der Waals surface area contributed by atoms with Crippen molar-refractivity contribution in [1.29, 1.82) is 0 Å². The Kier molecular flexibility index (Phi) is 6.54. The number of nitrogens with zero attached hydrogens (tertiary/aromatic N) is 2. The third-order valence-electron chi connectivity index (χ3n) is 1.71. The average molecular weight is 243 g/mol. The number of nitrogens with two attached hydrogens (primary N) is 1. The second kappa shape index (κ2) is 6.31. The first-order chi connectivity index (χ1) is 6.40. The van der Waals surface area contributed by atoms with E-state index in [1.165, 1.54) is 12.5 Å². The van der Waals surface area contributed by atoms with Crippen molar-refractivity contribution in [3.63, 3.8) is 0 Å². The topological polar surface area (TPSA) is 51.8 Å². The van der Waals surface area contributed by atoms with Gasteiger partial charge in [-0.3, -0.25) is 0 Å². The molecule has 0 radical (unpaired) electrons. The normalized spacial score (nSPS) is 13.1. The van der Waals surface area contributed by atoms with E-state index < -0.39 is 19.3 Å². The molecular weight excluding hydrogens is 233 g/mol. The van der Waals surface area contributed by atoms with Crippen LogP contribution in [-0.4, -0.2) is 16.9 Å². The van der Waals surface area contributed by atoms with Crippen LogP contribution in [0, 0.1) is 0 Å². The van der Waals surface area contributed by atoms with Crippen LogP contribution in [0.4, 0.5) is 12.9 Å². The summed E-state index contributed by atoms with van der Waals surface area (Å²) in [4.78, 5) is 7.29. The van der Waals surface area contributed by atoms with Crippen molar-refractivity contribution in [1.82, 2.24) is 9.97 Å². The predicted octanol–water partition coefficient (Wildman–Crippen LogP) is -1.57. The van der Waals surface area contributed by atoms with Crippen LogP contribution in [0.3, 0.4) is 0 Å². The summed E-state index contributed by atoms with van der Waals surface area (Å²) in [6.07, 6.45) is 1.39. The molecule has 1 heterocycles. The van der Waals surface area contributed by atoms with Gasteiger partial charge in [-0.1, -0.05) is 6.32 Å². The molecule has 15 heavy (non-hydrogen) atoms. The maximum Gasteiger partial charge on any atom is 1.00 e. The summed E-state index contributed by atoms with van der Waals surface area (Å²) in [6, 6.07) is -0.508. The van der Waals surface area contributed by atoms with E-state index in [4.69, 9.17) is 5.73 Å².